The summed E-state index contributed by atoms with van der Waals surface area (Å²) in [5.74, 6) is -1.01. The number of carboxylic acid groups (broad SMARTS) is 1. The largest absolute Gasteiger partial charge is 0.481 e. The van der Waals surface area contributed by atoms with Gasteiger partial charge in [0.1, 0.15) is 5.52 Å². The Kier molecular flexibility index (Phi) is 3.37. The molecule has 2 atom stereocenters. The van der Waals surface area contributed by atoms with Crippen molar-refractivity contribution in [3.05, 3.63) is 24.1 Å². The van der Waals surface area contributed by atoms with Gasteiger partial charge in [-0.05, 0) is 31.4 Å². The normalized spacial score (nSPS) is 21.6. The smallest absolute Gasteiger partial charge is 0.306 e. The Balaban J connectivity index is 1.70. The molecule has 0 radical (unpaired) electrons. The Hall–Kier alpha value is -2.37. The van der Waals surface area contributed by atoms with Crippen LogP contribution in [0.5, 0.6) is 0 Å². The van der Waals surface area contributed by atoms with E-state index in [0.717, 1.165) is 5.52 Å². The molecule has 1 fully saturated rings. The number of carbonyl (C=O) groups excluding carboxylic acids is 1. The number of aromatic nitrogens is 1. The number of amides is 1. The Bertz CT molecular complexity index is 707. The lowest BCUT2D eigenvalue weighted by atomic mass is 10.0. The maximum absolute atomic E-state index is 12.2. The number of benzene rings is 1. The van der Waals surface area contributed by atoms with Crippen LogP contribution in [0.25, 0.3) is 11.1 Å². The van der Waals surface area contributed by atoms with Crippen LogP contribution in [0.15, 0.2) is 22.6 Å². The fourth-order valence-electron chi connectivity index (χ4n) is 2.81. The molecule has 0 spiro atoms. The van der Waals surface area contributed by atoms with Crippen LogP contribution < -0.4 is 5.32 Å². The quantitative estimate of drug-likeness (QED) is 0.905. The maximum atomic E-state index is 12.2. The highest BCUT2D eigenvalue weighted by molar-refractivity contribution is 5.94. The number of hydrogen-bond acceptors (Lipinski definition) is 4. The Morgan fingerprint density at radius 1 is 1.33 bits per heavy atom. The van der Waals surface area contributed by atoms with Gasteiger partial charge in [0, 0.05) is 24.6 Å². The number of nitrogens with one attached hydrogen (secondary N) is 1. The summed E-state index contributed by atoms with van der Waals surface area (Å²) >= 11 is 0. The molecule has 0 aliphatic heterocycles. The molecule has 110 valence electrons. The predicted molar refractivity (Wildman–Crippen MR) is 75.8 cm³/mol. The highest BCUT2D eigenvalue weighted by Crippen LogP contribution is 2.32. The minimum absolute atomic E-state index is 0.130. The van der Waals surface area contributed by atoms with Crippen LogP contribution in [0, 0.1) is 18.8 Å². The van der Waals surface area contributed by atoms with E-state index in [9.17, 15) is 9.59 Å². The third kappa shape index (κ3) is 2.74. The van der Waals surface area contributed by atoms with Crippen molar-refractivity contribution < 1.29 is 19.1 Å². The Labute approximate surface area is 121 Å². The van der Waals surface area contributed by atoms with Gasteiger partial charge >= 0.3 is 5.97 Å². The van der Waals surface area contributed by atoms with Crippen molar-refractivity contribution in [2.24, 2.45) is 11.8 Å². The SMILES string of the molecule is Cc1nc2ccc(NC(=O)[C@@H]3CC[C@H](C(=O)O)C3)cc2o1. The van der Waals surface area contributed by atoms with Gasteiger partial charge < -0.3 is 14.8 Å². The molecule has 1 saturated carbocycles. The fourth-order valence-corrected chi connectivity index (χ4v) is 2.81. The second kappa shape index (κ2) is 5.20. The van der Waals surface area contributed by atoms with Gasteiger partial charge in [-0.2, -0.15) is 0 Å². The van der Waals surface area contributed by atoms with Crippen LogP contribution in [-0.2, 0) is 9.59 Å². The van der Waals surface area contributed by atoms with Crippen LogP contribution in [-0.4, -0.2) is 22.0 Å². The summed E-state index contributed by atoms with van der Waals surface area (Å²) < 4.78 is 5.42. The Morgan fingerprint density at radius 2 is 2.10 bits per heavy atom. The minimum Gasteiger partial charge on any atom is -0.481 e. The second-order valence-corrected chi connectivity index (χ2v) is 5.45. The Morgan fingerprint density at radius 3 is 2.81 bits per heavy atom. The molecule has 6 nitrogen and oxygen atoms in total. The van der Waals surface area contributed by atoms with Gasteiger partial charge in [0.05, 0.1) is 5.92 Å². The first-order valence-corrected chi connectivity index (χ1v) is 6.94. The van der Waals surface area contributed by atoms with E-state index in [1.807, 2.05) is 0 Å². The fraction of sp³-hybridized carbons (Fsp3) is 0.400. The molecule has 1 aliphatic rings. The van der Waals surface area contributed by atoms with Gasteiger partial charge in [-0.15, -0.1) is 0 Å². The summed E-state index contributed by atoms with van der Waals surface area (Å²) in [4.78, 5) is 27.3. The standard InChI is InChI=1S/C15H16N2O4/c1-8-16-12-5-4-11(7-13(12)21-8)17-14(18)9-2-3-10(6-9)15(19)20/h4-5,7,9-10H,2-3,6H2,1H3,(H,17,18)(H,19,20)/t9-,10+/m1/s1. The summed E-state index contributed by atoms with van der Waals surface area (Å²) in [6.45, 7) is 1.77. The molecule has 1 aromatic heterocycles. The molecule has 0 saturated heterocycles. The van der Waals surface area contributed by atoms with E-state index >= 15 is 0 Å². The number of oxazole rings is 1. The minimum atomic E-state index is -0.816. The number of rotatable bonds is 3. The van der Waals surface area contributed by atoms with Gasteiger partial charge in [0.2, 0.25) is 5.91 Å². The highest BCUT2D eigenvalue weighted by atomic mass is 16.4. The van der Waals surface area contributed by atoms with Crippen molar-refractivity contribution in [2.45, 2.75) is 26.2 Å². The number of anilines is 1. The topological polar surface area (TPSA) is 92.4 Å². The molecule has 2 N–H and O–H groups in total. The van der Waals surface area contributed by atoms with Crippen molar-refractivity contribution in [3.63, 3.8) is 0 Å². The molecule has 1 aromatic carbocycles. The summed E-state index contributed by atoms with van der Waals surface area (Å²) in [6.07, 6.45) is 1.59. The molecule has 1 heterocycles. The van der Waals surface area contributed by atoms with Crippen molar-refractivity contribution in [1.29, 1.82) is 0 Å². The van der Waals surface area contributed by atoms with Gasteiger partial charge in [0.15, 0.2) is 11.5 Å². The zero-order valence-corrected chi connectivity index (χ0v) is 11.6. The molecule has 1 amide bonds. The number of nitrogens with zero attached hydrogens (tertiary/aromatic N) is 1. The summed E-state index contributed by atoms with van der Waals surface area (Å²) in [7, 11) is 0. The molecular formula is C15H16N2O4. The highest BCUT2D eigenvalue weighted by Gasteiger charge is 2.33. The van der Waals surface area contributed by atoms with Crippen molar-refractivity contribution in [2.75, 3.05) is 5.32 Å². The lowest BCUT2D eigenvalue weighted by Crippen LogP contribution is -2.21. The molecule has 1 aliphatic carbocycles. The first-order valence-electron chi connectivity index (χ1n) is 6.94. The lowest BCUT2D eigenvalue weighted by molar-refractivity contribution is -0.141. The number of hydrogen-bond donors (Lipinski definition) is 2. The number of aryl methyl sites for hydroxylation is 1. The summed E-state index contributed by atoms with van der Waals surface area (Å²) in [6, 6.07) is 5.29. The van der Waals surface area contributed by atoms with Gasteiger partial charge in [-0.3, -0.25) is 9.59 Å². The monoisotopic (exact) mass is 288 g/mol. The van der Waals surface area contributed by atoms with Crippen molar-refractivity contribution >= 4 is 28.7 Å². The molecule has 21 heavy (non-hydrogen) atoms. The average Bonchev–Trinajstić information content (AvgIpc) is 3.03. The third-order valence-electron chi connectivity index (χ3n) is 3.92. The average molecular weight is 288 g/mol. The van der Waals surface area contributed by atoms with E-state index in [2.05, 4.69) is 10.3 Å². The predicted octanol–water partition coefficient (Wildman–Crippen LogP) is 2.58. The second-order valence-electron chi connectivity index (χ2n) is 5.45. The number of fused-ring (bicyclic) bond motifs is 1. The molecule has 2 aromatic rings. The zero-order chi connectivity index (χ0) is 15.0. The van der Waals surface area contributed by atoms with E-state index in [1.165, 1.54) is 0 Å². The summed E-state index contributed by atoms with van der Waals surface area (Å²) in [5.41, 5.74) is 2.01. The van der Waals surface area contributed by atoms with E-state index in [1.54, 1.807) is 25.1 Å². The molecule has 0 bridgehead atoms. The van der Waals surface area contributed by atoms with Gasteiger partial charge in [0.25, 0.3) is 0 Å². The van der Waals surface area contributed by atoms with Crippen LogP contribution in [0.1, 0.15) is 25.2 Å². The molecule has 0 unspecified atom stereocenters. The third-order valence-corrected chi connectivity index (χ3v) is 3.92. The molecular weight excluding hydrogens is 272 g/mol. The maximum Gasteiger partial charge on any atom is 0.306 e. The number of aliphatic carboxylic acids is 1. The van der Waals surface area contributed by atoms with E-state index < -0.39 is 11.9 Å². The van der Waals surface area contributed by atoms with Gasteiger partial charge in [-0.25, -0.2) is 4.98 Å². The molecule has 6 heteroatoms. The van der Waals surface area contributed by atoms with Crippen LogP contribution >= 0.6 is 0 Å². The lowest BCUT2D eigenvalue weighted by Gasteiger charge is -2.10. The first-order chi connectivity index (χ1) is 10.0. The van der Waals surface area contributed by atoms with Crippen molar-refractivity contribution in [3.8, 4) is 0 Å². The van der Waals surface area contributed by atoms with E-state index in [-0.39, 0.29) is 11.8 Å². The van der Waals surface area contributed by atoms with Crippen LogP contribution in [0.2, 0.25) is 0 Å². The van der Waals surface area contributed by atoms with E-state index in [0.29, 0.717) is 36.4 Å². The molecule has 3 rings (SSSR count). The van der Waals surface area contributed by atoms with Gasteiger partial charge in [-0.1, -0.05) is 0 Å². The summed E-state index contributed by atoms with van der Waals surface area (Å²) in [5, 5.41) is 11.8. The first kappa shape index (κ1) is 13.6. The zero-order valence-electron chi connectivity index (χ0n) is 11.6. The van der Waals surface area contributed by atoms with Crippen LogP contribution in [0.4, 0.5) is 5.69 Å². The number of carbonyl (C=O) groups is 2. The number of carboxylic acids is 1. The van der Waals surface area contributed by atoms with Crippen LogP contribution in [0.3, 0.4) is 0 Å². The van der Waals surface area contributed by atoms with Crippen molar-refractivity contribution in [1.82, 2.24) is 4.98 Å². The van der Waals surface area contributed by atoms with E-state index in [4.69, 9.17) is 9.52 Å².